The zero-order valence-electron chi connectivity index (χ0n) is 6.28. The number of cyclic esters (lactones) is 1. The third-order valence-electron chi connectivity index (χ3n) is 1.70. The second-order valence-corrected chi connectivity index (χ2v) is 2.60. The number of aliphatic hydroxyl groups excluding tert-OH is 3. The second-order valence-electron chi connectivity index (χ2n) is 2.60. The van der Waals surface area contributed by atoms with Crippen molar-refractivity contribution in [2.24, 2.45) is 0 Å². The molecule has 0 spiro atoms. The van der Waals surface area contributed by atoms with Crippen LogP contribution in [0.2, 0.25) is 0 Å². The fraction of sp³-hybridized carbons (Fsp3) is 0.667. The number of esters is 1. The van der Waals surface area contributed by atoms with Gasteiger partial charge in [0.1, 0.15) is 12.2 Å². The molecule has 1 aliphatic rings. The van der Waals surface area contributed by atoms with E-state index in [1.54, 1.807) is 0 Å². The normalized spacial score (nSPS) is 39.8. The number of hydrogen-bond donors (Lipinski definition) is 3. The Balaban J connectivity index is 2.82. The molecular weight excluding hydrogens is 184 g/mol. The van der Waals surface area contributed by atoms with Gasteiger partial charge in [-0.25, -0.2) is 4.79 Å². The van der Waals surface area contributed by atoms with Crippen molar-refractivity contribution in [2.45, 2.75) is 24.4 Å². The van der Waals surface area contributed by atoms with Gasteiger partial charge >= 0.3 is 5.97 Å². The SMILES string of the molecule is O=C([O-])[C@H]1OC(=O)[C@H](O)[C@@H](O)[C@H]1O. The van der Waals surface area contributed by atoms with Crippen LogP contribution < -0.4 is 5.11 Å². The highest BCUT2D eigenvalue weighted by molar-refractivity contribution is 5.82. The molecule has 0 aromatic heterocycles. The van der Waals surface area contributed by atoms with Crippen LogP contribution in [-0.4, -0.2) is 51.7 Å². The Morgan fingerprint density at radius 3 is 2.31 bits per heavy atom. The number of carbonyl (C=O) groups excluding carboxylic acids is 2. The molecule has 0 unspecified atom stereocenters. The van der Waals surface area contributed by atoms with E-state index in [2.05, 4.69) is 4.74 Å². The lowest BCUT2D eigenvalue weighted by Crippen LogP contribution is -2.60. The van der Waals surface area contributed by atoms with Gasteiger partial charge in [0.25, 0.3) is 0 Å². The van der Waals surface area contributed by atoms with Crippen molar-refractivity contribution >= 4 is 11.9 Å². The minimum atomic E-state index is -1.94. The maximum atomic E-state index is 10.6. The highest BCUT2D eigenvalue weighted by atomic mass is 16.6. The first kappa shape index (κ1) is 9.90. The van der Waals surface area contributed by atoms with Crippen LogP contribution in [0.25, 0.3) is 0 Å². The minimum Gasteiger partial charge on any atom is -0.546 e. The lowest BCUT2D eigenvalue weighted by atomic mass is 10.00. The van der Waals surface area contributed by atoms with Crippen molar-refractivity contribution in [1.82, 2.24) is 0 Å². The number of carboxylic acids is 1. The molecule has 13 heavy (non-hydrogen) atoms. The van der Waals surface area contributed by atoms with Crippen molar-refractivity contribution < 1.29 is 34.8 Å². The van der Waals surface area contributed by atoms with Crippen LogP contribution in [0.4, 0.5) is 0 Å². The third-order valence-corrected chi connectivity index (χ3v) is 1.70. The molecule has 7 heteroatoms. The van der Waals surface area contributed by atoms with Gasteiger partial charge in [0.05, 0.1) is 5.97 Å². The zero-order chi connectivity index (χ0) is 10.2. The van der Waals surface area contributed by atoms with E-state index in [9.17, 15) is 14.7 Å². The molecule has 4 atom stereocenters. The summed E-state index contributed by atoms with van der Waals surface area (Å²) in [6.07, 6.45) is -7.61. The van der Waals surface area contributed by atoms with Crippen molar-refractivity contribution in [1.29, 1.82) is 0 Å². The molecule has 7 nitrogen and oxygen atoms in total. The van der Waals surface area contributed by atoms with E-state index < -0.39 is 36.4 Å². The van der Waals surface area contributed by atoms with E-state index >= 15 is 0 Å². The second kappa shape index (κ2) is 3.29. The Hall–Kier alpha value is -1.18. The molecule has 0 bridgehead atoms. The number of carbonyl (C=O) groups is 2. The summed E-state index contributed by atoms with van der Waals surface area (Å²) < 4.78 is 4.08. The van der Waals surface area contributed by atoms with Crippen LogP contribution in [-0.2, 0) is 14.3 Å². The van der Waals surface area contributed by atoms with Crippen LogP contribution in [0.1, 0.15) is 0 Å². The molecule has 3 N–H and O–H groups in total. The molecular formula is C6H7O7-. The Morgan fingerprint density at radius 2 is 1.85 bits per heavy atom. The van der Waals surface area contributed by atoms with E-state index in [0.29, 0.717) is 0 Å². The van der Waals surface area contributed by atoms with Crippen LogP contribution >= 0.6 is 0 Å². The molecule has 74 valence electrons. The third kappa shape index (κ3) is 1.62. The highest BCUT2D eigenvalue weighted by Gasteiger charge is 2.44. The first-order valence-electron chi connectivity index (χ1n) is 3.40. The van der Waals surface area contributed by atoms with Crippen LogP contribution in [0, 0.1) is 0 Å². The number of aliphatic hydroxyl groups is 3. The molecule has 0 aliphatic carbocycles. The average Bonchev–Trinajstić information content (AvgIpc) is 2.07. The van der Waals surface area contributed by atoms with Crippen molar-refractivity contribution in [3.63, 3.8) is 0 Å². The molecule has 1 fully saturated rings. The summed E-state index contributed by atoms with van der Waals surface area (Å²) in [4.78, 5) is 20.9. The van der Waals surface area contributed by atoms with Gasteiger partial charge < -0.3 is 30.0 Å². The fourth-order valence-corrected chi connectivity index (χ4v) is 0.957. The van der Waals surface area contributed by atoms with E-state index in [1.165, 1.54) is 0 Å². The summed E-state index contributed by atoms with van der Waals surface area (Å²) >= 11 is 0. The molecule has 0 radical (unpaired) electrons. The molecule has 1 saturated heterocycles. The van der Waals surface area contributed by atoms with E-state index in [4.69, 9.17) is 15.3 Å². The summed E-state index contributed by atoms with van der Waals surface area (Å²) in [6.45, 7) is 0. The number of rotatable bonds is 1. The lowest BCUT2D eigenvalue weighted by Gasteiger charge is -2.34. The molecule has 1 heterocycles. The van der Waals surface area contributed by atoms with Crippen molar-refractivity contribution in [2.75, 3.05) is 0 Å². The Morgan fingerprint density at radius 1 is 1.31 bits per heavy atom. The molecule has 1 aliphatic heterocycles. The van der Waals surface area contributed by atoms with Gasteiger partial charge in [-0.2, -0.15) is 0 Å². The standard InChI is InChI=1S/C6H8O7/c7-1-2(8)4(5(10)11)13-6(12)3(1)9/h1-4,7-9H,(H,10,11)/p-1/t1-,2+,3+,4-/m0/s1. The first-order valence-corrected chi connectivity index (χ1v) is 3.40. The maximum Gasteiger partial charge on any atom is 0.338 e. The van der Waals surface area contributed by atoms with Gasteiger partial charge in [-0.05, 0) is 0 Å². The first-order chi connectivity index (χ1) is 5.95. The van der Waals surface area contributed by atoms with Crippen LogP contribution in [0.15, 0.2) is 0 Å². The van der Waals surface area contributed by atoms with E-state index in [1.807, 2.05) is 0 Å². The molecule has 0 aromatic rings. The summed E-state index contributed by atoms with van der Waals surface area (Å²) in [5, 5.41) is 37.0. The van der Waals surface area contributed by atoms with Crippen LogP contribution in [0.5, 0.6) is 0 Å². The van der Waals surface area contributed by atoms with Crippen LogP contribution in [0.3, 0.4) is 0 Å². The fourth-order valence-electron chi connectivity index (χ4n) is 0.957. The number of carboxylic acid groups (broad SMARTS) is 1. The monoisotopic (exact) mass is 191 g/mol. The quantitative estimate of drug-likeness (QED) is 0.358. The van der Waals surface area contributed by atoms with Gasteiger partial charge in [-0.3, -0.25) is 0 Å². The maximum absolute atomic E-state index is 10.6. The Kier molecular flexibility index (Phi) is 2.50. The molecule has 0 aromatic carbocycles. The lowest BCUT2D eigenvalue weighted by molar-refractivity contribution is -0.324. The number of ether oxygens (including phenoxy) is 1. The highest BCUT2D eigenvalue weighted by Crippen LogP contribution is 2.15. The number of aliphatic carboxylic acids is 1. The van der Waals surface area contributed by atoms with E-state index in [-0.39, 0.29) is 0 Å². The van der Waals surface area contributed by atoms with E-state index in [0.717, 1.165) is 0 Å². The molecule has 0 amide bonds. The predicted molar refractivity (Wildman–Crippen MR) is 32.9 cm³/mol. The van der Waals surface area contributed by atoms with Gasteiger partial charge in [0, 0.05) is 0 Å². The smallest absolute Gasteiger partial charge is 0.338 e. The Bertz CT molecular complexity index is 237. The molecule has 0 saturated carbocycles. The van der Waals surface area contributed by atoms with Crippen molar-refractivity contribution in [3.05, 3.63) is 0 Å². The summed E-state index contributed by atoms with van der Waals surface area (Å²) in [5.41, 5.74) is 0. The summed E-state index contributed by atoms with van der Waals surface area (Å²) in [5.74, 6) is -3.13. The zero-order valence-corrected chi connectivity index (χ0v) is 6.28. The van der Waals surface area contributed by atoms with Gasteiger partial charge in [0.15, 0.2) is 12.2 Å². The van der Waals surface area contributed by atoms with Gasteiger partial charge in [0.2, 0.25) is 0 Å². The van der Waals surface area contributed by atoms with Gasteiger partial charge in [-0.1, -0.05) is 0 Å². The van der Waals surface area contributed by atoms with Crippen molar-refractivity contribution in [3.8, 4) is 0 Å². The Labute approximate surface area is 72.2 Å². The van der Waals surface area contributed by atoms with Gasteiger partial charge in [-0.15, -0.1) is 0 Å². The largest absolute Gasteiger partial charge is 0.546 e. The molecule has 1 rings (SSSR count). The topological polar surface area (TPSA) is 127 Å². The predicted octanol–water partition coefficient (Wildman–Crippen LogP) is -4.26. The minimum absolute atomic E-state index is 1.30. The summed E-state index contributed by atoms with van der Waals surface area (Å²) in [7, 11) is 0. The summed E-state index contributed by atoms with van der Waals surface area (Å²) in [6, 6.07) is 0. The number of hydrogen-bond acceptors (Lipinski definition) is 7. The average molecular weight is 191 g/mol.